The maximum Gasteiger partial charge on any atom is 0.127 e. The molecule has 4 heteroatoms. The third-order valence-electron chi connectivity index (χ3n) is 3.31. The molecule has 0 spiro atoms. The second-order valence-electron chi connectivity index (χ2n) is 4.69. The Labute approximate surface area is 110 Å². The number of likely N-dealkylation sites (tertiary alicyclic amines) is 1. The fourth-order valence-electron chi connectivity index (χ4n) is 2.15. The smallest absolute Gasteiger partial charge is 0.127 e. The molecule has 1 saturated heterocycles. The van der Waals surface area contributed by atoms with Crippen molar-refractivity contribution in [2.75, 3.05) is 20.1 Å². The van der Waals surface area contributed by atoms with Gasteiger partial charge in [0.15, 0.2) is 0 Å². The minimum absolute atomic E-state index is 0.131. The van der Waals surface area contributed by atoms with Gasteiger partial charge in [0.05, 0.1) is 0 Å². The van der Waals surface area contributed by atoms with Gasteiger partial charge in [0, 0.05) is 22.6 Å². The fourth-order valence-corrected chi connectivity index (χ4v) is 2.55. The normalized spacial score (nSPS) is 18.5. The van der Waals surface area contributed by atoms with Crippen LogP contribution in [0.4, 0.5) is 4.39 Å². The van der Waals surface area contributed by atoms with Crippen molar-refractivity contribution >= 4 is 15.9 Å². The molecule has 1 heterocycles. The molecule has 1 aromatic rings. The first-order valence-electron chi connectivity index (χ1n) is 6.01. The van der Waals surface area contributed by atoms with Crippen molar-refractivity contribution in [1.29, 1.82) is 0 Å². The molecule has 2 nitrogen and oxygen atoms in total. The van der Waals surface area contributed by atoms with Gasteiger partial charge in [-0.3, -0.25) is 0 Å². The van der Waals surface area contributed by atoms with E-state index in [0.717, 1.165) is 36.0 Å². The molecule has 1 fully saturated rings. The highest BCUT2D eigenvalue weighted by atomic mass is 79.9. The van der Waals surface area contributed by atoms with E-state index in [-0.39, 0.29) is 5.82 Å². The molecule has 0 radical (unpaired) electrons. The van der Waals surface area contributed by atoms with Gasteiger partial charge < -0.3 is 10.2 Å². The van der Waals surface area contributed by atoms with E-state index >= 15 is 0 Å². The number of piperidine rings is 1. The van der Waals surface area contributed by atoms with Crippen LogP contribution in [0.3, 0.4) is 0 Å². The second-order valence-corrected chi connectivity index (χ2v) is 5.61. The van der Waals surface area contributed by atoms with Crippen LogP contribution >= 0.6 is 15.9 Å². The molecule has 1 N–H and O–H groups in total. The van der Waals surface area contributed by atoms with Gasteiger partial charge in [0.1, 0.15) is 5.82 Å². The lowest BCUT2D eigenvalue weighted by Gasteiger charge is -2.29. The Hall–Kier alpha value is -0.450. The predicted molar refractivity (Wildman–Crippen MR) is 71.5 cm³/mol. The Balaban J connectivity index is 1.87. The lowest BCUT2D eigenvalue weighted by atomic mass is 10.1. The Morgan fingerprint density at radius 3 is 2.82 bits per heavy atom. The van der Waals surface area contributed by atoms with E-state index in [4.69, 9.17) is 0 Å². The van der Waals surface area contributed by atoms with Crippen LogP contribution in [0.5, 0.6) is 0 Å². The molecule has 0 aliphatic carbocycles. The molecule has 2 rings (SSSR count). The maximum absolute atomic E-state index is 13.5. The summed E-state index contributed by atoms with van der Waals surface area (Å²) >= 11 is 3.37. The molecular formula is C13H18BrFN2. The van der Waals surface area contributed by atoms with Crippen molar-refractivity contribution in [3.05, 3.63) is 34.1 Å². The molecule has 0 atom stereocenters. The molecule has 94 valence electrons. The average Bonchev–Trinajstić information content (AvgIpc) is 2.32. The molecule has 0 unspecified atom stereocenters. The Bertz CT molecular complexity index is 376. The van der Waals surface area contributed by atoms with Crippen LogP contribution in [0.1, 0.15) is 18.4 Å². The van der Waals surface area contributed by atoms with Gasteiger partial charge in [0.25, 0.3) is 0 Å². The molecule has 0 saturated carbocycles. The fraction of sp³-hybridized carbons (Fsp3) is 0.538. The van der Waals surface area contributed by atoms with E-state index in [1.165, 1.54) is 6.07 Å². The number of halogens is 2. The van der Waals surface area contributed by atoms with Gasteiger partial charge in [-0.1, -0.05) is 15.9 Å². The zero-order valence-corrected chi connectivity index (χ0v) is 11.6. The standard InChI is InChI=1S/C13H18BrFN2/c1-17-6-4-12(5-7-17)16-9-10-8-11(14)2-3-13(10)15/h2-3,8,12,16H,4-7,9H2,1H3. The zero-order valence-electron chi connectivity index (χ0n) is 10.0. The summed E-state index contributed by atoms with van der Waals surface area (Å²) in [5.74, 6) is -0.131. The minimum Gasteiger partial charge on any atom is -0.310 e. The third-order valence-corrected chi connectivity index (χ3v) is 3.80. The Kier molecular flexibility index (Phi) is 4.54. The number of benzene rings is 1. The van der Waals surface area contributed by atoms with Gasteiger partial charge in [-0.05, 0) is 51.2 Å². The molecule has 1 aromatic carbocycles. The van der Waals surface area contributed by atoms with Crippen molar-refractivity contribution in [2.24, 2.45) is 0 Å². The van der Waals surface area contributed by atoms with Crippen LogP contribution in [0.15, 0.2) is 22.7 Å². The highest BCUT2D eigenvalue weighted by molar-refractivity contribution is 9.10. The monoisotopic (exact) mass is 300 g/mol. The number of rotatable bonds is 3. The minimum atomic E-state index is -0.131. The average molecular weight is 301 g/mol. The van der Waals surface area contributed by atoms with Gasteiger partial charge in [-0.15, -0.1) is 0 Å². The number of nitrogens with zero attached hydrogens (tertiary/aromatic N) is 1. The maximum atomic E-state index is 13.5. The van der Waals surface area contributed by atoms with E-state index in [0.29, 0.717) is 12.6 Å². The van der Waals surface area contributed by atoms with Gasteiger partial charge >= 0.3 is 0 Å². The third kappa shape index (κ3) is 3.76. The summed E-state index contributed by atoms with van der Waals surface area (Å²) in [5, 5.41) is 3.44. The second kappa shape index (κ2) is 5.94. The van der Waals surface area contributed by atoms with Crippen molar-refractivity contribution in [2.45, 2.75) is 25.4 Å². The first-order valence-corrected chi connectivity index (χ1v) is 6.80. The van der Waals surface area contributed by atoms with Crippen LogP contribution in [-0.4, -0.2) is 31.1 Å². The van der Waals surface area contributed by atoms with E-state index < -0.39 is 0 Å². The lowest BCUT2D eigenvalue weighted by molar-refractivity contribution is 0.233. The summed E-state index contributed by atoms with van der Waals surface area (Å²) < 4.78 is 14.4. The first kappa shape index (κ1) is 13.0. The summed E-state index contributed by atoms with van der Waals surface area (Å²) in [6.45, 7) is 2.86. The van der Waals surface area contributed by atoms with Crippen molar-refractivity contribution in [3.8, 4) is 0 Å². The first-order chi connectivity index (χ1) is 8.15. The molecule has 1 aliphatic rings. The van der Waals surface area contributed by atoms with E-state index in [1.807, 2.05) is 6.07 Å². The van der Waals surface area contributed by atoms with Gasteiger partial charge in [-0.2, -0.15) is 0 Å². The largest absolute Gasteiger partial charge is 0.310 e. The van der Waals surface area contributed by atoms with Crippen molar-refractivity contribution in [1.82, 2.24) is 10.2 Å². The van der Waals surface area contributed by atoms with Gasteiger partial charge in [0.2, 0.25) is 0 Å². The molecule has 0 amide bonds. The van der Waals surface area contributed by atoms with Crippen LogP contribution in [0.2, 0.25) is 0 Å². The molecular weight excluding hydrogens is 283 g/mol. The van der Waals surface area contributed by atoms with Crippen LogP contribution in [0, 0.1) is 5.82 Å². The summed E-state index contributed by atoms with van der Waals surface area (Å²) in [4.78, 5) is 2.33. The molecule has 17 heavy (non-hydrogen) atoms. The molecule has 0 bridgehead atoms. The number of hydrogen-bond acceptors (Lipinski definition) is 2. The van der Waals surface area contributed by atoms with Crippen molar-refractivity contribution < 1.29 is 4.39 Å². The number of hydrogen-bond donors (Lipinski definition) is 1. The Morgan fingerprint density at radius 2 is 2.12 bits per heavy atom. The van der Waals surface area contributed by atoms with Crippen LogP contribution < -0.4 is 5.32 Å². The Morgan fingerprint density at radius 1 is 1.41 bits per heavy atom. The highest BCUT2D eigenvalue weighted by Crippen LogP contribution is 2.16. The SMILES string of the molecule is CN1CCC(NCc2cc(Br)ccc2F)CC1. The quantitative estimate of drug-likeness (QED) is 0.923. The molecule has 1 aliphatic heterocycles. The van der Waals surface area contributed by atoms with Crippen molar-refractivity contribution in [3.63, 3.8) is 0 Å². The van der Waals surface area contributed by atoms with Crippen LogP contribution in [-0.2, 0) is 6.54 Å². The molecule has 0 aromatic heterocycles. The highest BCUT2D eigenvalue weighted by Gasteiger charge is 2.16. The zero-order chi connectivity index (χ0) is 12.3. The van der Waals surface area contributed by atoms with E-state index in [1.54, 1.807) is 6.07 Å². The van der Waals surface area contributed by atoms with Crippen LogP contribution in [0.25, 0.3) is 0 Å². The van der Waals surface area contributed by atoms with E-state index in [9.17, 15) is 4.39 Å². The number of nitrogens with one attached hydrogen (secondary N) is 1. The van der Waals surface area contributed by atoms with E-state index in [2.05, 4.69) is 33.2 Å². The van der Waals surface area contributed by atoms with Gasteiger partial charge in [-0.25, -0.2) is 4.39 Å². The summed E-state index contributed by atoms with van der Waals surface area (Å²) in [6.07, 6.45) is 2.29. The summed E-state index contributed by atoms with van der Waals surface area (Å²) in [7, 11) is 2.14. The lowest BCUT2D eigenvalue weighted by Crippen LogP contribution is -2.40. The summed E-state index contributed by atoms with van der Waals surface area (Å²) in [5.41, 5.74) is 0.735. The topological polar surface area (TPSA) is 15.3 Å². The predicted octanol–water partition coefficient (Wildman–Crippen LogP) is 2.77. The summed E-state index contributed by atoms with van der Waals surface area (Å²) in [6, 6.07) is 5.60.